The molecule has 0 radical (unpaired) electrons. The Morgan fingerprint density at radius 2 is 1.64 bits per heavy atom. The van der Waals surface area contributed by atoms with Crippen LogP contribution in [0.3, 0.4) is 0 Å². The SMILES string of the molecule is CCC(Oc1ccc(CCC=NOCCc2ccc(OC)cc2)cc1)C(=O)O. The molecule has 6 heteroatoms. The summed E-state index contributed by atoms with van der Waals surface area (Å²) in [6.07, 6.45) is 3.74. The number of nitrogens with zero attached hydrogens (tertiary/aromatic N) is 1. The van der Waals surface area contributed by atoms with Crippen LogP contribution in [-0.2, 0) is 22.5 Å². The molecule has 0 aliphatic carbocycles. The number of aliphatic carboxylic acids is 1. The van der Waals surface area contributed by atoms with Crippen LogP contribution in [0.25, 0.3) is 0 Å². The molecule has 0 aliphatic rings. The Morgan fingerprint density at radius 1 is 1.04 bits per heavy atom. The van der Waals surface area contributed by atoms with E-state index in [0.29, 0.717) is 18.8 Å². The largest absolute Gasteiger partial charge is 0.497 e. The molecular weight excluding hydrogens is 358 g/mol. The van der Waals surface area contributed by atoms with Gasteiger partial charge < -0.3 is 19.4 Å². The second-order valence-electron chi connectivity index (χ2n) is 6.25. The highest BCUT2D eigenvalue weighted by atomic mass is 16.6. The number of carboxylic acid groups (broad SMARTS) is 1. The average molecular weight is 385 g/mol. The molecule has 0 aliphatic heterocycles. The van der Waals surface area contributed by atoms with Gasteiger partial charge in [-0.05, 0) is 54.7 Å². The van der Waals surface area contributed by atoms with Gasteiger partial charge in [-0.3, -0.25) is 0 Å². The smallest absolute Gasteiger partial charge is 0.344 e. The summed E-state index contributed by atoms with van der Waals surface area (Å²) in [7, 11) is 1.65. The van der Waals surface area contributed by atoms with Crippen molar-refractivity contribution < 1.29 is 24.2 Å². The number of oxime groups is 1. The molecule has 1 atom stereocenters. The number of aryl methyl sites for hydroxylation is 1. The minimum absolute atomic E-state index is 0.423. The van der Waals surface area contributed by atoms with E-state index < -0.39 is 12.1 Å². The zero-order chi connectivity index (χ0) is 20.2. The van der Waals surface area contributed by atoms with Crippen LogP contribution in [-0.4, -0.2) is 37.1 Å². The number of carboxylic acids is 1. The van der Waals surface area contributed by atoms with Crippen LogP contribution in [0.4, 0.5) is 0 Å². The van der Waals surface area contributed by atoms with Crippen LogP contribution in [0.5, 0.6) is 11.5 Å². The summed E-state index contributed by atoms with van der Waals surface area (Å²) in [5, 5.41) is 13.0. The van der Waals surface area contributed by atoms with Crippen molar-refractivity contribution in [2.45, 2.75) is 38.7 Å². The molecule has 2 aromatic rings. The quantitative estimate of drug-likeness (QED) is 0.338. The fraction of sp³-hybridized carbons (Fsp3) is 0.364. The maximum absolute atomic E-state index is 11.0. The van der Waals surface area contributed by atoms with Gasteiger partial charge >= 0.3 is 5.97 Å². The summed E-state index contributed by atoms with van der Waals surface area (Å²) >= 11 is 0. The lowest BCUT2D eigenvalue weighted by atomic mass is 10.1. The minimum Gasteiger partial charge on any atom is -0.497 e. The van der Waals surface area contributed by atoms with Gasteiger partial charge in [0.15, 0.2) is 6.10 Å². The molecule has 2 aromatic carbocycles. The van der Waals surface area contributed by atoms with Gasteiger partial charge in [-0.1, -0.05) is 36.3 Å². The van der Waals surface area contributed by atoms with Gasteiger partial charge in [0.1, 0.15) is 18.1 Å². The lowest BCUT2D eigenvalue weighted by Gasteiger charge is -2.13. The average Bonchev–Trinajstić information content (AvgIpc) is 2.72. The molecule has 28 heavy (non-hydrogen) atoms. The van der Waals surface area contributed by atoms with Crippen molar-refractivity contribution in [1.29, 1.82) is 0 Å². The third kappa shape index (κ3) is 7.31. The fourth-order valence-corrected chi connectivity index (χ4v) is 2.55. The summed E-state index contributed by atoms with van der Waals surface area (Å²) in [6, 6.07) is 15.3. The molecular formula is C22H27NO5. The van der Waals surface area contributed by atoms with Crippen molar-refractivity contribution in [3.8, 4) is 11.5 Å². The van der Waals surface area contributed by atoms with Gasteiger partial charge in [-0.2, -0.15) is 0 Å². The lowest BCUT2D eigenvalue weighted by Crippen LogP contribution is -2.25. The van der Waals surface area contributed by atoms with E-state index in [9.17, 15) is 4.79 Å². The first kappa shape index (κ1) is 21.3. The van der Waals surface area contributed by atoms with E-state index in [1.807, 2.05) is 36.4 Å². The van der Waals surface area contributed by atoms with Crippen molar-refractivity contribution in [1.82, 2.24) is 0 Å². The lowest BCUT2D eigenvalue weighted by molar-refractivity contribution is -0.145. The summed E-state index contributed by atoms with van der Waals surface area (Å²) in [5.74, 6) is 0.456. The molecule has 0 spiro atoms. The molecule has 1 unspecified atom stereocenters. The highest BCUT2D eigenvalue weighted by Gasteiger charge is 2.16. The molecule has 0 bridgehead atoms. The molecule has 2 rings (SSSR count). The second-order valence-corrected chi connectivity index (χ2v) is 6.25. The Labute approximate surface area is 165 Å². The van der Waals surface area contributed by atoms with Gasteiger partial charge in [0.05, 0.1) is 7.11 Å². The van der Waals surface area contributed by atoms with Crippen LogP contribution >= 0.6 is 0 Å². The zero-order valence-corrected chi connectivity index (χ0v) is 16.3. The number of ether oxygens (including phenoxy) is 2. The first-order valence-corrected chi connectivity index (χ1v) is 9.37. The summed E-state index contributed by atoms with van der Waals surface area (Å²) in [4.78, 5) is 16.3. The minimum atomic E-state index is -0.949. The fourth-order valence-electron chi connectivity index (χ4n) is 2.55. The van der Waals surface area contributed by atoms with Crippen LogP contribution in [0.1, 0.15) is 30.9 Å². The van der Waals surface area contributed by atoms with Crippen LogP contribution in [0.15, 0.2) is 53.7 Å². The highest BCUT2D eigenvalue weighted by Crippen LogP contribution is 2.16. The number of rotatable bonds is 12. The highest BCUT2D eigenvalue weighted by molar-refractivity contribution is 5.72. The predicted octanol–water partition coefficient (Wildman–Crippen LogP) is 4.11. The van der Waals surface area contributed by atoms with Crippen molar-refractivity contribution in [3.05, 3.63) is 59.7 Å². The van der Waals surface area contributed by atoms with Gasteiger partial charge in [0.2, 0.25) is 0 Å². The number of hydrogen-bond acceptors (Lipinski definition) is 5. The first-order valence-electron chi connectivity index (χ1n) is 9.37. The predicted molar refractivity (Wildman–Crippen MR) is 108 cm³/mol. The van der Waals surface area contributed by atoms with Crippen molar-refractivity contribution in [2.24, 2.45) is 5.16 Å². The molecule has 1 N–H and O–H groups in total. The Hall–Kier alpha value is -3.02. The number of hydrogen-bond donors (Lipinski definition) is 1. The molecule has 150 valence electrons. The summed E-state index contributed by atoms with van der Waals surface area (Å²) in [6.45, 7) is 2.31. The van der Waals surface area contributed by atoms with Crippen LogP contribution < -0.4 is 9.47 Å². The molecule has 0 aromatic heterocycles. The molecule has 0 fully saturated rings. The third-order valence-electron chi connectivity index (χ3n) is 4.20. The molecule has 0 saturated carbocycles. The Morgan fingerprint density at radius 3 is 2.21 bits per heavy atom. The molecule has 0 heterocycles. The summed E-state index contributed by atoms with van der Waals surface area (Å²) < 4.78 is 10.6. The molecule has 6 nitrogen and oxygen atoms in total. The van der Waals surface area contributed by atoms with Gasteiger partial charge in [-0.15, -0.1) is 0 Å². The van der Waals surface area contributed by atoms with Gasteiger partial charge in [0, 0.05) is 12.6 Å². The van der Waals surface area contributed by atoms with Crippen molar-refractivity contribution in [2.75, 3.05) is 13.7 Å². The first-order chi connectivity index (χ1) is 13.6. The van der Waals surface area contributed by atoms with Crippen molar-refractivity contribution in [3.63, 3.8) is 0 Å². The topological polar surface area (TPSA) is 77.3 Å². The Balaban J connectivity index is 1.64. The number of benzene rings is 2. The van der Waals surface area contributed by atoms with E-state index in [1.165, 1.54) is 5.56 Å². The van der Waals surface area contributed by atoms with E-state index in [2.05, 4.69) is 5.16 Å². The van der Waals surface area contributed by atoms with E-state index in [4.69, 9.17) is 19.4 Å². The van der Waals surface area contributed by atoms with E-state index >= 15 is 0 Å². The van der Waals surface area contributed by atoms with Crippen molar-refractivity contribution >= 4 is 12.2 Å². The standard InChI is InChI=1S/C22H27NO5/c1-3-21(22(24)25)28-20-12-8-17(9-13-20)5-4-15-23-27-16-14-18-6-10-19(26-2)11-7-18/h6-13,15,21H,3-5,14,16H2,1-2H3,(H,24,25). The maximum atomic E-state index is 11.0. The normalized spacial score (nSPS) is 11.9. The summed E-state index contributed by atoms with van der Waals surface area (Å²) in [5.41, 5.74) is 2.30. The molecule has 0 amide bonds. The number of methoxy groups -OCH3 is 1. The zero-order valence-electron chi connectivity index (χ0n) is 16.3. The van der Waals surface area contributed by atoms with E-state index in [1.54, 1.807) is 32.4 Å². The Kier molecular flexibility index (Phi) is 8.85. The monoisotopic (exact) mass is 385 g/mol. The maximum Gasteiger partial charge on any atom is 0.344 e. The van der Waals surface area contributed by atoms with Crippen LogP contribution in [0, 0.1) is 0 Å². The van der Waals surface area contributed by atoms with Gasteiger partial charge in [-0.25, -0.2) is 4.79 Å². The second kappa shape index (κ2) is 11.6. The Bertz CT molecular complexity index is 741. The van der Waals surface area contributed by atoms with E-state index in [0.717, 1.165) is 30.6 Å². The van der Waals surface area contributed by atoms with Crippen LogP contribution in [0.2, 0.25) is 0 Å². The molecule has 0 saturated heterocycles. The third-order valence-corrected chi connectivity index (χ3v) is 4.20. The van der Waals surface area contributed by atoms with Gasteiger partial charge in [0.25, 0.3) is 0 Å². The number of carbonyl (C=O) groups is 1. The van der Waals surface area contributed by atoms with E-state index in [-0.39, 0.29) is 0 Å².